The highest BCUT2D eigenvalue weighted by Gasteiger charge is 2.17. The monoisotopic (exact) mass is 191 g/mol. The number of aromatic nitrogens is 1. The number of hydrogen-bond donors (Lipinski definition) is 2. The summed E-state index contributed by atoms with van der Waals surface area (Å²) in [5.41, 5.74) is 5.55. The second-order valence-corrected chi connectivity index (χ2v) is 3.57. The van der Waals surface area contributed by atoms with Crippen LogP contribution in [0.2, 0.25) is 0 Å². The molecule has 74 valence electrons. The van der Waals surface area contributed by atoms with Crippen molar-refractivity contribution in [2.75, 3.05) is 5.32 Å². The van der Waals surface area contributed by atoms with Gasteiger partial charge in [-0.25, -0.2) is 4.98 Å². The summed E-state index contributed by atoms with van der Waals surface area (Å²) < 4.78 is 0. The molecule has 0 bridgehead atoms. The van der Waals surface area contributed by atoms with Crippen LogP contribution in [0.25, 0.3) is 0 Å². The molecule has 1 aromatic rings. The van der Waals surface area contributed by atoms with Crippen molar-refractivity contribution in [1.82, 2.24) is 4.98 Å². The number of pyridine rings is 1. The van der Waals surface area contributed by atoms with Gasteiger partial charge >= 0.3 is 0 Å². The highest BCUT2D eigenvalue weighted by atomic mass is 16.1. The van der Waals surface area contributed by atoms with Crippen LogP contribution in [0.4, 0.5) is 5.82 Å². The first-order valence-electron chi connectivity index (χ1n) is 4.78. The molecule has 3 N–H and O–H groups in total. The molecule has 1 amide bonds. The van der Waals surface area contributed by atoms with Gasteiger partial charge in [0.2, 0.25) is 5.91 Å². The smallest absolute Gasteiger partial charge is 0.250 e. The van der Waals surface area contributed by atoms with E-state index in [-0.39, 0.29) is 0 Å². The van der Waals surface area contributed by atoms with E-state index in [1.165, 1.54) is 25.5 Å². The number of carbonyl (C=O) groups excluding carboxylic acids is 1. The third kappa shape index (κ3) is 1.84. The predicted molar refractivity (Wildman–Crippen MR) is 54.0 cm³/mol. The minimum Gasteiger partial charge on any atom is -0.367 e. The zero-order chi connectivity index (χ0) is 9.97. The number of nitrogens with zero attached hydrogens (tertiary/aromatic N) is 1. The summed E-state index contributed by atoms with van der Waals surface area (Å²) in [4.78, 5) is 14.9. The van der Waals surface area contributed by atoms with E-state index in [1.807, 2.05) is 0 Å². The Bertz CT molecular complexity index is 330. The second-order valence-electron chi connectivity index (χ2n) is 3.57. The second kappa shape index (κ2) is 3.65. The molecule has 14 heavy (non-hydrogen) atoms. The van der Waals surface area contributed by atoms with E-state index in [4.69, 9.17) is 5.73 Å². The molecule has 0 atom stereocenters. The van der Waals surface area contributed by atoms with E-state index >= 15 is 0 Å². The maximum absolute atomic E-state index is 10.8. The number of rotatable bonds is 3. The molecule has 1 saturated carbocycles. The Morgan fingerprint density at radius 1 is 1.50 bits per heavy atom. The third-order valence-corrected chi connectivity index (χ3v) is 2.51. The fourth-order valence-corrected chi connectivity index (χ4v) is 1.39. The van der Waals surface area contributed by atoms with Crippen LogP contribution in [-0.2, 0) is 0 Å². The van der Waals surface area contributed by atoms with Crippen LogP contribution < -0.4 is 11.1 Å². The fraction of sp³-hybridized carbons (Fsp3) is 0.400. The Kier molecular flexibility index (Phi) is 2.35. The molecule has 0 aliphatic heterocycles. The van der Waals surface area contributed by atoms with Gasteiger partial charge in [0.25, 0.3) is 0 Å². The van der Waals surface area contributed by atoms with Gasteiger partial charge in [-0.1, -0.05) is 0 Å². The van der Waals surface area contributed by atoms with Crippen LogP contribution in [-0.4, -0.2) is 16.9 Å². The van der Waals surface area contributed by atoms with Crippen molar-refractivity contribution in [1.29, 1.82) is 0 Å². The minimum atomic E-state index is -0.437. The van der Waals surface area contributed by atoms with Gasteiger partial charge in [-0.3, -0.25) is 4.79 Å². The zero-order valence-corrected chi connectivity index (χ0v) is 7.86. The third-order valence-electron chi connectivity index (χ3n) is 2.51. The van der Waals surface area contributed by atoms with Crippen molar-refractivity contribution >= 4 is 11.7 Å². The molecule has 0 spiro atoms. The highest BCUT2D eigenvalue weighted by molar-refractivity contribution is 5.92. The average Bonchev–Trinajstić information content (AvgIpc) is 2.12. The number of primary amides is 1. The molecule has 4 heteroatoms. The molecular formula is C10H13N3O. The van der Waals surface area contributed by atoms with Crippen molar-refractivity contribution in [2.45, 2.75) is 25.3 Å². The van der Waals surface area contributed by atoms with Crippen molar-refractivity contribution in [2.24, 2.45) is 5.73 Å². The van der Waals surface area contributed by atoms with E-state index in [2.05, 4.69) is 10.3 Å². The van der Waals surface area contributed by atoms with Crippen molar-refractivity contribution in [3.05, 3.63) is 23.9 Å². The Morgan fingerprint density at radius 2 is 2.29 bits per heavy atom. The molecule has 1 heterocycles. The summed E-state index contributed by atoms with van der Waals surface area (Å²) in [6, 6.07) is 4.04. The Morgan fingerprint density at radius 3 is 2.71 bits per heavy atom. The topological polar surface area (TPSA) is 68.0 Å². The first kappa shape index (κ1) is 8.99. The number of nitrogens with one attached hydrogen (secondary N) is 1. The highest BCUT2D eigenvalue weighted by Crippen LogP contribution is 2.22. The van der Waals surface area contributed by atoms with Gasteiger partial charge in [-0.15, -0.1) is 0 Å². The summed E-state index contributed by atoms with van der Waals surface area (Å²) in [7, 11) is 0. The lowest BCUT2D eigenvalue weighted by atomic mass is 9.93. The maximum Gasteiger partial charge on any atom is 0.250 e. The normalized spacial score (nSPS) is 16.0. The van der Waals surface area contributed by atoms with Crippen molar-refractivity contribution in [3.8, 4) is 0 Å². The fourth-order valence-electron chi connectivity index (χ4n) is 1.39. The molecule has 0 saturated heterocycles. The molecule has 1 aliphatic carbocycles. The lowest BCUT2D eigenvalue weighted by molar-refractivity contribution is 0.1000. The molecule has 1 aromatic heterocycles. The summed E-state index contributed by atoms with van der Waals surface area (Å²) in [6.45, 7) is 0. The summed E-state index contributed by atoms with van der Waals surface area (Å²) in [5, 5.41) is 3.28. The summed E-state index contributed by atoms with van der Waals surface area (Å²) in [6.07, 6.45) is 5.21. The zero-order valence-electron chi connectivity index (χ0n) is 7.86. The molecular weight excluding hydrogens is 178 g/mol. The Hall–Kier alpha value is -1.58. The van der Waals surface area contributed by atoms with Crippen LogP contribution in [0, 0.1) is 0 Å². The van der Waals surface area contributed by atoms with Crippen molar-refractivity contribution in [3.63, 3.8) is 0 Å². The van der Waals surface area contributed by atoms with Gasteiger partial charge in [0.05, 0.1) is 5.56 Å². The first-order valence-corrected chi connectivity index (χ1v) is 4.78. The van der Waals surface area contributed by atoms with E-state index in [1.54, 1.807) is 12.1 Å². The summed E-state index contributed by atoms with van der Waals surface area (Å²) in [5.74, 6) is 0.382. The lowest BCUT2D eigenvalue weighted by Gasteiger charge is -2.26. The first-order chi connectivity index (χ1) is 6.75. The largest absolute Gasteiger partial charge is 0.367 e. The average molecular weight is 191 g/mol. The van der Waals surface area contributed by atoms with E-state index in [0.29, 0.717) is 11.6 Å². The van der Waals surface area contributed by atoms with Gasteiger partial charge in [0, 0.05) is 12.2 Å². The van der Waals surface area contributed by atoms with E-state index < -0.39 is 5.91 Å². The number of anilines is 1. The van der Waals surface area contributed by atoms with Gasteiger partial charge in [0.15, 0.2) is 0 Å². The number of hydrogen-bond acceptors (Lipinski definition) is 3. The van der Waals surface area contributed by atoms with Crippen LogP contribution in [0.5, 0.6) is 0 Å². The van der Waals surface area contributed by atoms with Crippen molar-refractivity contribution < 1.29 is 4.79 Å². The number of nitrogens with two attached hydrogens (primary N) is 1. The van der Waals surface area contributed by atoms with Gasteiger partial charge < -0.3 is 11.1 Å². The van der Waals surface area contributed by atoms with E-state index in [0.717, 1.165) is 5.82 Å². The van der Waals surface area contributed by atoms with Gasteiger partial charge in [0.1, 0.15) is 5.82 Å². The number of amides is 1. The predicted octanol–water partition coefficient (Wildman–Crippen LogP) is 1.14. The lowest BCUT2D eigenvalue weighted by Crippen LogP contribution is -2.27. The molecule has 2 rings (SSSR count). The standard InChI is InChI=1S/C10H13N3O/c11-10(14)7-4-5-9(12-6-7)13-8-2-1-3-8/h4-6,8H,1-3H2,(H2,11,14)(H,12,13). The number of carbonyl (C=O) groups is 1. The van der Waals surface area contributed by atoms with Gasteiger partial charge in [-0.2, -0.15) is 0 Å². The molecule has 1 aliphatic rings. The Balaban J connectivity index is 2.01. The molecule has 4 nitrogen and oxygen atoms in total. The summed E-state index contributed by atoms with van der Waals surface area (Å²) >= 11 is 0. The Labute approximate surface area is 82.5 Å². The minimum absolute atomic E-state index is 0.437. The molecule has 1 fully saturated rings. The maximum atomic E-state index is 10.8. The quantitative estimate of drug-likeness (QED) is 0.752. The van der Waals surface area contributed by atoms with Crippen LogP contribution >= 0.6 is 0 Å². The van der Waals surface area contributed by atoms with Gasteiger partial charge in [-0.05, 0) is 31.4 Å². The molecule has 0 radical (unpaired) electrons. The molecule has 0 aromatic carbocycles. The van der Waals surface area contributed by atoms with Crippen LogP contribution in [0.15, 0.2) is 18.3 Å². The van der Waals surface area contributed by atoms with Crippen LogP contribution in [0.3, 0.4) is 0 Å². The SMILES string of the molecule is NC(=O)c1ccc(NC2CCC2)nc1. The molecule has 0 unspecified atom stereocenters. The van der Waals surface area contributed by atoms with Crippen LogP contribution in [0.1, 0.15) is 29.6 Å². The van der Waals surface area contributed by atoms with E-state index in [9.17, 15) is 4.79 Å².